The molecule has 0 unspecified atom stereocenters. The van der Waals surface area contributed by atoms with E-state index in [1.54, 1.807) is 0 Å². The predicted octanol–water partition coefficient (Wildman–Crippen LogP) is 3.27. The zero-order valence-electron chi connectivity index (χ0n) is 12.4. The second-order valence-corrected chi connectivity index (χ2v) is 6.47. The van der Waals surface area contributed by atoms with Gasteiger partial charge in [0.1, 0.15) is 11.6 Å². The second kappa shape index (κ2) is 5.14. The smallest absolute Gasteiger partial charge is 0.175 e. The topological polar surface area (TPSA) is 44.1 Å². The minimum atomic E-state index is -0.0468. The fourth-order valence-corrected chi connectivity index (χ4v) is 2.86. The van der Waals surface area contributed by atoms with Crippen molar-refractivity contribution in [3.63, 3.8) is 0 Å². The lowest BCUT2D eigenvalue weighted by molar-refractivity contribution is -0.118. The average Bonchev–Trinajstić information content (AvgIpc) is 2.13. The van der Waals surface area contributed by atoms with Gasteiger partial charge in [-0.15, -0.1) is 0 Å². The van der Waals surface area contributed by atoms with Crippen LogP contribution in [-0.4, -0.2) is 22.8 Å². The van der Waals surface area contributed by atoms with E-state index in [2.05, 4.69) is 52.5 Å². The molecule has 0 aromatic heterocycles. The molecular weight excluding hydrogens is 224 g/mol. The number of hydrogen-bond donors (Lipinski definition) is 0. The van der Waals surface area contributed by atoms with E-state index < -0.39 is 0 Å². The predicted molar refractivity (Wildman–Crippen MR) is 72.8 cm³/mol. The molecule has 1 rings (SSSR count). The minimum Gasteiger partial charge on any atom is -0.369 e. The van der Waals surface area contributed by atoms with Crippen molar-refractivity contribution >= 4 is 5.78 Å². The second-order valence-electron chi connectivity index (χ2n) is 6.47. The molecule has 0 aliphatic heterocycles. The van der Waals surface area contributed by atoms with Crippen molar-refractivity contribution in [3.05, 3.63) is 11.3 Å². The van der Waals surface area contributed by atoms with E-state index in [1.807, 2.05) is 0 Å². The molecule has 0 saturated heterocycles. The molecule has 1 aliphatic carbocycles. The molecule has 1 aliphatic rings. The number of nitrogens with zero attached hydrogens (tertiary/aromatic N) is 2. The number of ketones is 1. The molecule has 3 nitrogen and oxygen atoms in total. The molecule has 100 valence electrons. The Kier molecular flexibility index (Phi) is 4.21. The van der Waals surface area contributed by atoms with Crippen LogP contribution >= 0.6 is 0 Å². The van der Waals surface area contributed by atoms with Crippen LogP contribution in [0.4, 0.5) is 0 Å². The lowest BCUT2D eigenvalue weighted by atomic mass is 9.75. The molecule has 0 N–H and O–H groups in total. The Morgan fingerprint density at radius 2 is 1.67 bits per heavy atom. The van der Waals surface area contributed by atoms with Crippen LogP contribution in [0.1, 0.15) is 54.4 Å². The third-order valence-corrected chi connectivity index (χ3v) is 3.39. The Hall–Kier alpha value is -1.30. The van der Waals surface area contributed by atoms with Gasteiger partial charge in [-0.1, -0.05) is 13.8 Å². The maximum atomic E-state index is 12.1. The van der Waals surface area contributed by atoms with Gasteiger partial charge in [-0.05, 0) is 39.5 Å². The Morgan fingerprint density at radius 3 is 2.06 bits per heavy atom. The highest BCUT2D eigenvalue weighted by molar-refractivity contribution is 6.01. The minimum absolute atomic E-state index is 0.00458. The van der Waals surface area contributed by atoms with E-state index in [4.69, 9.17) is 0 Å². The first-order chi connectivity index (χ1) is 8.19. The molecule has 0 atom stereocenters. The number of allylic oxidation sites excluding steroid dienone is 2. The largest absolute Gasteiger partial charge is 0.369 e. The number of rotatable bonds is 3. The summed E-state index contributed by atoms with van der Waals surface area (Å²) < 4.78 is 0. The van der Waals surface area contributed by atoms with E-state index in [-0.39, 0.29) is 11.2 Å². The van der Waals surface area contributed by atoms with Crippen molar-refractivity contribution in [1.29, 1.82) is 5.26 Å². The number of carbonyl (C=O) groups is 1. The van der Waals surface area contributed by atoms with Gasteiger partial charge in [0.15, 0.2) is 5.78 Å². The van der Waals surface area contributed by atoms with Crippen molar-refractivity contribution in [2.75, 3.05) is 0 Å². The van der Waals surface area contributed by atoms with Gasteiger partial charge in [0.25, 0.3) is 0 Å². The van der Waals surface area contributed by atoms with Gasteiger partial charge in [-0.2, -0.15) is 5.26 Å². The zero-order valence-corrected chi connectivity index (χ0v) is 12.4. The lowest BCUT2D eigenvalue weighted by Crippen LogP contribution is -2.41. The standard InChI is InChI=1S/C15H24N2O/c1-10(2)17(11(3)4)13-7-15(5,6)8-14(18)12(13)9-16/h10-11H,7-8H2,1-6H3. The third-order valence-electron chi connectivity index (χ3n) is 3.39. The summed E-state index contributed by atoms with van der Waals surface area (Å²) in [4.78, 5) is 14.3. The van der Waals surface area contributed by atoms with Crippen molar-refractivity contribution in [2.24, 2.45) is 5.41 Å². The Balaban J connectivity index is 3.30. The maximum Gasteiger partial charge on any atom is 0.175 e. The molecule has 0 aromatic rings. The highest BCUT2D eigenvalue weighted by Crippen LogP contribution is 2.39. The SMILES string of the molecule is CC(C)N(C1=C(C#N)C(=O)CC(C)(C)C1)C(C)C. The fourth-order valence-electron chi connectivity index (χ4n) is 2.86. The fraction of sp³-hybridized carbons (Fsp3) is 0.733. The summed E-state index contributed by atoms with van der Waals surface area (Å²) in [6, 6.07) is 2.71. The van der Waals surface area contributed by atoms with Crippen molar-refractivity contribution in [2.45, 2.75) is 66.5 Å². The highest BCUT2D eigenvalue weighted by Gasteiger charge is 2.36. The summed E-state index contributed by atoms with van der Waals surface area (Å²) in [6.07, 6.45) is 1.28. The van der Waals surface area contributed by atoms with Gasteiger partial charge in [-0.3, -0.25) is 4.79 Å². The van der Waals surface area contributed by atoms with Crippen LogP contribution in [0.25, 0.3) is 0 Å². The van der Waals surface area contributed by atoms with Gasteiger partial charge < -0.3 is 4.90 Å². The summed E-state index contributed by atoms with van der Waals surface area (Å²) in [5, 5.41) is 9.26. The van der Waals surface area contributed by atoms with E-state index >= 15 is 0 Å². The molecule has 0 bridgehead atoms. The molecular formula is C15H24N2O. The van der Waals surface area contributed by atoms with E-state index in [0.717, 1.165) is 12.1 Å². The van der Waals surface area contributed by atoms with Gasteiger partial charge >= 0.3 is 0 Å². The molecule has 0 aromatic carbocycles. The first kappa shape index (κ1) is 14.8. The Bertz CT molecular complexity index is 403. The molecule has 0 saturated carbocycles. The first-order valence-corrected chi connectivity index (χ1v) is 6.64. The van der Waals surface area contributed by atoms with E-state index in [1.165, 1.54) is 0 Å². The van der Waals surface area contributed by atoms with Crippen LogP contribution in [0.15, 0.2) is 11.3 Å². The monoisotopic (exact) mass is 248 g/mol. The Labute approximate surface area is 110 Å². The van der Waals surface area contributed by atoms with E-state index in [9.17, 15) is 10.1 Å². The summed E-state index contributed by atoms with van der Waals surface area (Å²) >= 11 is 0. The summed E-state index contributed by atoms with van der Waals surface area (Å²) in [5.74, 6) is -0.00458. The molecule has 0 amide bonds. The van der Waals surface area contributed by atoms with Gasteiger partial charge in [0, 0.05) is 24.2 Å². The summed E-state index contributed by atoms with van der Waals surface area (Å²) in [6.45, 7) is 12.6. The number of carbonyl (C=O) groups excluding carboxylic acids is 1. The van der Waals surface area contributed by atoms with Gasteiger partial charge in [-0.25, -0.2) is 0 Å². The molecule has 0 radical (unpaired) electrons. The van der Waals surface area contributed by atoms with E-state index in [0.29, 0.717) is 24.1 Å². The maximum absolute atomic E-state index is 12.1. The van der Waals surface area contributed by atoms with Crippen molar-refractivity contribution in [3.8, 4) is 6.07 Å². The first-order valence-electron chi connectivity index (χ1n) is 6.64. The third kappa shape index (κ3) is 2.93. The van der Waals surface area contributed by atoms with Gasteiger partial charge in [0.2, 0.25) is 0 Å². The number of Topliss-reactive ketones (excluding diaryl/α,β-unsaturated/α-hetero) is 1. The number of nitriles is 1. The van der Waals surface area contributed by atoms with Crippen LogP contribution in [-0.2, 0) is 4.79 Å². The van der Waals surface area contributed by atoms with Crippen molar-refractivity contribution < 1.29 is 4.79 Å². The summed E-state index contributed by atoms with van der Waals surface area (Å²) in [7, 11) is 0. The molecule has 0 heterocycles. The molecule has 0 fully saturated rings. The lowest BCUT2D eigenvalue weighted by Gasteiger charge is -2.41. The highest BCUT2D eigenvalue weighted by atomic mass is 16.1. The summed E-state index contributed by atoms with van der Waals surface area (Å²) in [5.41, 5.74) is 1.26. The number of hydrogen-bond acceptors (Lipinski definition) is 3. The van der Waals surface area contributed by atoms with Crippen LogP contribution in [0.5, 0.6) is 0 Å². The van der Waals surface area contributed by atoms with Crippen LogP contribution in [0, 0.1) is 16.7 Å². The van der Waals surface area contributed by atoms with Crippen LogP contribution < -0.4 is 0 Å². The van der Waals surface area contributed by atoms with Crippen LogP contribution in [0.3, 0.4) is 0 Å². The van der Waals surface area contributed by atoms with Gasteiger partial charge in [0.05, 0.1) is 0 Å². The molecule has 18 heavy (non-hydrogen) atoms. The molecule has 0 spiro atoms. The van der Waals surface area contributed by atoms with Crippen molar-refractivity contribution in [1.82, 2.24) is 4.90 Å². The van der Waals surface area contributed by atoms with Crippen LogP contribution in [0.2, 0.25) is 0 Å². The quantitative estimate of drug-likeness (QED) is 0.770. The molecule has 3 heteroatoms. The normalized spacial score (nSPS) is 19.4. The zero-order chi connectivity index (χ0) is 14.1. The average molecular weight is 248 g/mol. The Morgan fingerprint density at radius 1 is 1.17 bits per heavy atom.